The van der Waals surface area contributed by atoms with Crippen LogP contribution >= 0.6 is 0 Å². The molecule has 4 heteroatoms. The highest BCUT2D eigenvalue weighted by Crippen LogP contribution is 2.20. The van der Waals surface area contributed by atoms with Gasteiger partial charge in [0.1, 0.15) is 0 Å². The van der Waals surface area contributed by atoms with Crippen LogP contribution < -0.4 is 5.32 Å². The van der Waals surface area contributed by atoms with Crippen LogP contribution in [0.15, 0.2) is 60.7 Å². The number of carbonyl (C=O) groups is 2. The monoisotopic (exact) mass is 297 g/mol. The maximum Gasteiger partial charge on any atom is 0.303 e. The number of hydrogen-bond acceptors (Lipinski definition) is 3. The average molecular weight is 297 g/mol. The molecular weight excluding hydrogens is 278 g/mol. The molecule has 114 valence electrons. The van der Waals surface area contributed by atoms with E-state index in [1.807, 2.05) is 43.3 Å². The van der Waals surface area contributed by atoms with Gasteiger partial charge in [0.25, 0.3) is 5.91 Å². The van der Waals surface area contributed by atoms with E-state index in [0.29, 0.717) is 5.56 Å². The summed E-state index contributed by atoms with van der Waals surface area (Å²) < 4.78 is 5.18. The third-order valence-corrected chi connectivity index (χ3v) is 3.28. The highest BCUT2D eigenvalue weighted by molar-refractivity contribution is 5.84. The molecule has 0 aliphatic heterocycles. The van der Waals surface area contributed by atoms with E-state index < -0.39 is 12.1 Å². The van der Waals surface area contributed by atoms with Gasteiger partial charge in [0, 0.05) is 12.5 Å². The first-order valence-corrected chi connectivity index (χ1v) is 7.15. The van der Waals surface area contributed by atoms with Crippen molar-refractivity contribution in [2.75, 3.05) is 0 Å². The zero-order valence-electron chi connectivity index (χ0n) is 12.7. The quantitative estimate of drug-likeness (QED) is 0.862. The van der Waals surface area contributed by atoms with Crippen molar-refractivity contribution in [2.45, 2.75) is 26.0 Å². The molecule has 0 spiro atoms. The van der Waals surface area contributed by atoms with Crippen LogP contribution in [0.2, 0.25) is 0 Å². The van der Waals surface area contributed by atoms with Crippen molar-refractivity contribution in [3.8, 4) is 0 Å². The van der Waals surface area contributed by atoms with E-state index in [1.54, 1.807) is 24.3 Å². The van der Waals surface area contributed by atoms with E-state index in [1.165, 1.54) is 6.92 Å². The van der Waals surface area contributed by atoms with E-state index in [0.717, 1.165) is 5.56 Å². The number of hydrogen-bond donors (Lipinski definition) is 1. The number of esters is 1. The fourth-order valence-electron chi connectivity index (χ4n) is 2.18. The highest BCUT2D eigenvalue weighted by Gasteiger charge is 2.25. The van der Waals surface area contributed by atoms with E-state index >= 15 is 0 Å². The lowest BCUT2D eigenvalue weighted by Gasteiger charge is -2.20. The number of carbonyl (C=O) groups excluding carboxylic acids is 2. The molecule has 22 heavy (non-hydrogen) atoms. The van der Waals surface area contributed by atoms with Crippen molar-refractivity contribution in [1.29, 1.82) is 0 Å². The topological polar surface area (TPSA) is 55.4 Å². The molecule has 0 heterocycles. The lowest BCUT2D eigenvalue weighted by atomic mass is 10.1. The van der Waals surface area contributed by atoms with Gasteiger partial charge in [0.05, 0.1) is 6.04 Å². The van der Waals surface area contributed by atoms with Crippen LogP contribution in [0.3, 0.4) is 0 Å². The largest absolute Gasteiger partial charge is 0.447 e. The van der Waals surface area contributed by atoms with Crippen molar-refractivity contribution >= 4 is 11.9 Å². The molecule has 0 fully saturated rings. The second-order valence-corrected chi connectivity index (χ2v) is 5.04. The van der Waals surface area contributed by atoms with Crippen molar-refractivity contribution in [2.24, 2.45) is 0 Å². The molecule has 2 aromatic carbocycles. The van der Waals surface area contributed by atoms with E-state index in [2.05, 4.69) is 5.32 Å². The number of amides is 1. The van der Waals surface area contributed by atoms with Gasteiger partial charge >= 0.3 is 5.97 Å². The van der Waals surface area contributed by atoms with Gasteiger partial charge in [0.15, 0.2) is 0 Å². The third-order valence-electron chi connectivity index (χ3n) is 3.28. The number of rotatable bonds is 5. The minimum absolute atomic E-state index is 0.171. The molecule has 0 unspecified atom stereocenters. The summed E-state index contributed by atoms with van der Waals surface area (Å²) in [7, 11) is 0. The molecule has 0 aliphatic rings. The summed E-state index contributed by atoms with van der Waals surface area (Å²) in [6.07, 6.45) is -0.940. The van der Waals surface area contributed by atoms with E-state index in [-0.39, 0.29) is 11.9 Å². The molecular formula is C18H19NO3. The molecule has 0 aromatic heterocycles. The fourth-order valence-corrected chi connectivity index (χ4v) is 2.18. The Bertz CT molecular complexity index is 625. The predicted octanol–water partition coefficient (Wildman–Crippen LogP) is 3.17. The van der Waals surface area contributed by atoms with Crippen LogP contribution in [-0.4, -0.2) is 11.9 Å². The summed E-state index contributed by atoms with van der Waals surface area (Å²) in [5.41, 5.74) is 1.64. The predicted molar refractivity (Wildman–Crippen MR) is 83.9 cm³/mol. The highest BCUT2D eigenvalue weighted by atomic mass is 16.5. The summed E-state index contributed by atoms with van der Waals surface area (Å²) in [6, 6.07) is 18.4. The Balaban J connectivity index is 2.14. The molecule has 2 atom stereocenters. The zero-order chi connectivity index (χ0) is 15.9. The van der Waals surface area contributed by atoms with Crippen molar-refractivity contribution in [3.05, 3.63) is 71.8 Å². The Kier molecular flexibility index (Phi) is 5.31. The zero-order valence-corrected chi connectivity index (χ0v) is 12.7. The normalized spacial score (nSPS) is 13.0. The van der Waals surface area contributed by atoms with Crippen molar-refractivity contribution in [3.63, 3.8) is 0 Å². The lowest BCUT2D eigenvalue weighted by molar-refractivity contribution is -0.154. The first-order chi connectivity index (χ1) is 10.6. The van der Waals surface area contributed by atoms with Crippen LogP contribution in [0.4, 0.5) is 0 Å². The van der Waals surface area contributed by atoms with Gasteiger partial charge in [0.2, 0.25) is 6.10 Å². The lowest BCUT2D eigenvalue weighted by Crippen LogP contribution is -2.33. The van der Waals surface area contributed by atoms with Crippen LogP contribution in [0.5, 0.6) is 0 Å². The summed E-state index contributed by atoms with van der Waals surface area (Å²) in [6.45, 7) is 3.19. The Morgan fingerprint density at radius 3 is 1.91 bits per heavy atom. The molecule has 0 aliphatic carbocycles. The molecule has 0 bridgehead atoms. The summed E-state index contributed by atoms with van der Waals surface area (Å²) in [5.74, 6) is -0.825. The molecule has 1 N–H and O–H groups in total. The van der Waals surface area contributed by atoms with Crippen molar-refractivity contribution in [1.82, 2.24) is 5.32 Å². The van der Waals surface area contributed by atoms with E-state index in [9.17, 15) is 9.59 Å². The van der Waals surface area contributed by atoms with Gasteiger partial charge in [-0.3, -0.25) is 9.59 Å². The molecule has 2 rings (SSSR count). The standard InChI is InChI=1S/C18H19NO3/c1-13(15-9-5-3-6-10-15)19-18(21)17(22-14(2)20)16-11-7-4-8-12-16/h3-13,17H,1-2H3,(H,19,21)/t13-,17+/m0/s1. The van der Waals surface area contributed by atoms with Gasteiger partial charge in [-0.25, -0.2) is 0 Å². The Labute approximate surface area is 130 Å². The molecule has 2 aromatic rings. The third kappa shape index (κ3) is 4.19. The Morgan fingerprint density at radius 1 is 0.909 bits per heavy atom. The number of benzene rings is 2. The smallest absolute Gasteiger partial charge is 0.303 e. The minimum atomic E-state index is -0.940. The maximum atomic E-state index is 12.5. The second kappa shape index (κ2) is 7.41. The van der Waals surface area contributed by atoms with Gasteiger partial charge in [-0.05, 0) is 12.5 Å². The summed E-state index contributed by atoms with van der Waals surface area (Å²) >= 11 is 0. The second-order valence-electron chi connectivity index (χ2n) is 5.04. The fraction of sp³-hybridized carbons (Fsp3) is 0.222. The molecule has 0 saturated heterocycles. The first-order valence-electron chi connectivity index (χ1n) is 7.15. The van der Waals surface area contributed by atoms with Crippen LogP contribution in [-0.2, 0) is 14.3 Å². The molecule has 4 nitrogen and oxygen atoms in total. The Morgan fingerprint density at radius 2 is 1.41 bits per heavy atom. The van der Waals surface area contributed by atoms with Crippen LogP contribution in [0, 0.1) is 0 Å². The van der Waals surface area contributed by atoms with Gasteiger partial charge in [-0.15, -0.1) is 0 Å². The Hall–Kier alpha value is -2.62. The van der Waals surface area contributed by atoms with Gasteiger partial charge in [-0.1, -0.05) is 60.7 Å². The van der Waals surface area contributed by atoms with Crippen molar-refractivity contribution < 1.29 is 14.3 Å². The van der Waals surface area contributed by atoms with Crippen LogP contribution in [0.1, 0.15) is 37.1 Å². The summed E-state index contributed by atoms with van der Waals surface area (Å²) in [5, 5.41) is 2.88. The average Bonchev–Trinajstić information content (AvgIpc) is 2.54. The van der Waals surface area contributed by atoms with Gasteiger partial charge < -0.3 is 10.1 Å². The van der Waals surface area contributed by atoms with E-state index in [4.69, 9.17) is 4.74 Å². The number of ether oxygens (including phenoxy) is 1. The van der Waals surface area contributed by atoms with Gasteiger partial charge in [-0.2, -0.15) is 0 Å². The first kappa shape index (κ1) is 15.8. The SMILES string of the molecule is CC(=O)O[C@@H](C(=O)N[C@@H](C)c1ccccc1)c1ccccc1. The number of nitrogens with one attached hydrogen (secondary N) is 1. The summed E-state index contributed by atoms with van der Waals surface area (Å²) in [4.78, 5) is 23.8. The molecule has 1 amide bonds. The molecule has 0 radical (unpaired) electrons. The van der Waals surface area contributed by atoms with Crippen LogP contribution in [0.25, 0.3) is 0 Å². The maximum absolute atomic E-state index is 12.5. The molecule has 0 saturated carbocycles. The minimum Gasteiger partial charge on any atom is -0.447 e.